The molecule has 2 saturated carbocycles. The summed E-state index contributed by atoms with van der Waals surface area (Å²) < 4.78 is 5.22. The van der Waals surface area contributed by atoms with E-state index in [0.717, 1.165) is 18.2 Å². The normalized spacial score (nSPS) is 19.4. The van der Waals surface area contributed by atoms with Crippen molar-refractivity contribution < 1.29 is 9.53 Å². The van der Waals surface area contributed by atoms with Crippen molar-refractivity contribution in [2.24, 2.45) is 11.3 Å². The highest BCUT2D eigenvalue weighted by Gasteiger charge is 2.53. The third-order valence-electron chi connectivity index (χ3n) is 4.48. The van der Waals surface area contributed by atoms with E-state index in [2.05, 4.69) is 10.6 Å². The molecular weight excluding hydrogens is 252 g/mol. The fourth-order valence-electron chi connectivity index (χ4n) is 2.95. The summed E-state index contributed by atoms with van der Waals surface area (Å²) in [5, 5.41) is 6.20. The maximum absolute atomic E-state index is 11.9. The Kier molecular flexibility index (Phi) is 3.66. The largest absolute Gasteiger partial charge is 0.495 e. The Balaban J connectivity index is 1.45. The summed E-state index contributed by atoms with van der Waals surface area (Å²) in [5.41, 5.74) is 1.26. The van der Waals surface area contributed by atoms with Crippen molar-refractivity contribution in [2.45, 2.75) is 25.7 Å². The first-order chi connectivity index (χ1) is 9.73. The number of carbonyl (C=O) groups is 1. The molecule has 0 spiro atoms. The molecule has 0 aliphatic heterocycles. The van der Waals surface area contributed by atoms with Crippen LogP contribution in [0.15, 0.2) is 24.3 Å². The molecule has 0 unspecified atom stereocenters. The highest BCUT2D eigenvalue weighted by molar-refractivity contribution is 5.93. The molecule has 4 nitrogen and oxygen atoms in total. The number of ether oxygens (including phenoxy) is 1. The van der Waals surface area contributed by atoms with Gasteiger partial charge in [0.2, 0.25) is 5.91 Å². The summed E-state index contributed by atoms with van der Waals surface area (Å²) in [6, 6.07) is 7.47. The molecular formula is C16H22N2O2. The van der Waals surface area contributed by atoms with Crippen LogP contribution in [0.5, 0.6) is 5.75 Å². The maximum atomic E-state index is 11.9. The average molecular weight is 274 g/mol. The smallest absolute Gasteiger partial charge is 0.238 e. The first-order valence-corrected chi connectivity index (χ1v) is 7.37. The Morgan fingerprint density at radius 3 is 2.75 bits per heavy atom. The molecule has 0 aromatic heterocycles. The minimum absolute atomic E-state index is 0.0129. The van der Waals surface area contributed by atoms with E-state index in [-0.39, 0.29) is 5.91 Å². The van der Waals surface area contributed by atoms with Gasteiger partial charge in [-0.05, 0) is 49.1 Å². The van der Waals surface area contributed by atoms with Crippen molar-refractivity contribution in [3.05, 3.63) is 24.3 Å². The molecule has 108 valence electrons. The van der Waals surface area contributed by atoms with Gasteiger partial charge in [-0.1, -0.05) is 12.1 Å². The number of methoxy groups -OCH3 is 1. The zero-order valence-electron chi connectivity index (χ0n) is 11.9. The second kappa shape index (κ2) is 5.44. The fourth-order valence-corrected chi connectivity index (χ4v) is 2.95. The number of anilines is 1. The van der Waals surface area contributed by atoms with Crippen LogP contribution in [0, 0.1) is 11.3 Å². The van der Waals surface area contributed by atoms with Crippen molar-refractivity contribution >= 4 is 11.6 Å². The van der Waals surface area contributed by atoms with Gasteiger partial charge in [0, 0.05) is 6.54 Å². The minimum Gasteiger partial charge on any atom is -0.495 e. The number of rotatable bonds is 7. The van der Waals surface area contributed by atoms with Crippen molar-refractivity contribution in [2.75, 3.05) is 25.5 Å². The highest BCUT2D eigenvalue weighted by atomic mass is 16.5. The molecule has 3 rings (SSSR count). The van der Waals surface area contributed by atoms with Crippen LogP contribution in [0.3, 0.4) is 0 Å². The molecule has 2 fully saturated rings. The van der Waals surface area contributed by atoms with Crippen LogP contribution in [0.4, 0.5) is 5.69 Å². The van der Waals surface area contributed by atoms with Crippen LogP contribution in [0.25, 0.3) is 0 Å². The van der Waals surface area contributed by atoms with E-state index in [4.69, 9.17) is 4.74 Å². The van der Waals surface area contributed by atoms with Gasteiger partial charge in [0.25, 0.3) is 0 Å². The Labute approximate surface area is 119 Å². The number of carbonyl (C=O) groups excluding carboxylic acids is 1. The second-order valence-corrected chi connectivity index (χ2v) is 5.99. The first kappa shape index (κ1) is 13.4. The Morgan fingerprint density at radius 2 is 2.10 bits per heavy atom. The van der Waals surface area contributed by atoms with Crippen LogP contribution in [-0.4, -0.2) is 26.1 Å². The van der Waals surface area contributed by atoms with Gasteiger partial charge in [-0.3, -0.25) is 4.79 Å². The van der Waals surface area contributed by atoms with Gasteiger partial charge in [0.15, 0.2) is 0 Å². The third-order valence-corrected chi connectivity index (χ3v) is 4.48. The van der Waals surface area contributed by atoms with E-state index in [1.54, 1.807) is 7.11 Å². The molecule has 0 atom stereocenters. The van der Waals surface area contributed by atoms with Crippen LogP contribution in [0.1, 0.15) is 25.7 Å². The van der Waals surface area contributed by atoms with Gasteiger partial charge in [-0.25, -0.2) is 0 Å². The van der Waals surface area contributed by atoms with Crippen molar-refractivity contribution in [3.63, 3.8) is 0 Å². The molecule has 4 heteroatoms. The second-order valence-electron chi connectivity index (χ2n) is 5.99. The lowest BCUT2D eigenvalue weighted by Crippen LogP contribution is -2.33. The van der Waals surface area contributed by atoms with E-state index in [0.29, 0.717) is 17.7 Å². The Bertz CT molecular complexity index is 493. The molecule has 1 amide bonds. The van der Waals surface area contributed by atoms with Crippen LogP contribution >= 0.6 is 0 Å². The SMILES string of the molecule is COc1ccccc1NC(=O)CNCC1(C2CC2)CC1. The lowest BCUT2D eigenvalue weighted by atomic mass is 10.0. The molecule has 1 aromatic rings. The number of hydrogen-bond donors (Lipinski definition) is 2. The zero-order chi connectivity index (χ0) is 14.0. The lowest BCUT2D eigenvalue weighted by Gasteiger charge is -2.15. The predicted octanol–water partition coefficient (Wildman–Crippen LogP) is 2.41. The molecule has 0 heterocycles. The molecule has 20 heavy (non-hydrogen) atoms. The lowest BCUT2D eigenvalue weighted by molar-refractivity contribution is -0.115. The average Bonchev–Trinajstić information content (AvgIpc) is 3.32. The molecule has 2 N–H and O–H groups in total. The topological polar surface area (TPSA) is 50.4 Å². The summed E-state index contributed by atoms with van der Waals surface area (Å²) in [7, 11) is 1.61. The van der Waals surface area contributed by atoms with Gasteiger partial charge in [0.05, 0.1) is 19.3 Å². The third kappa shape index (κ3) is 2.96. The molecule has 1 aromatic carbocycles. The number of hydrogen-bond acceptors (Lipinski definition) is 3. The van der Waals surface area contributed by atoms with Crippen molar-refractivity contribution in [3.8, 4) is 5.75 Å². The predicted molar refractivity (Wildman–Crippen MR) is 78.9 cm³/mol. The van der Waals surface area contributed by atoms with E-state index in [1.165, 1.54) is 25.7 Å². The van der Waals surface area contributed by atoms with E-state index >= 15 is 0 Å². The minimum atomic E-state index is -0.0129. The van der Waals surface area contributed by atoms with Gasteiger partial charge in [-0.2, -0.15) is 0 Å². The maximum Gasteiger partial charge on any atom is 0.238 e. The molecule has 0 saturated heterocycles. The summed E-state index contributed by atoms with van der Waals surface area (Å²) in [6.45, 7) is 1.35. The summed E-state index contributed by atoms with van der Waals surface area (Å²) in [5.74, 6) is 1.60. The molecule has 2 aliphatic carbocycles. The standard InChI is InChI=1S/C16H22N2O2/c1-20-14-5-3-2-4-13(14)18-15(19)10-17-11-16(8-9-16)12-6-7-12/h2-5,12,17H,6-11H2,1H3,(H,18,19). The van der Waals surface area contributed by atoms with Crippen molar-refractivity contribution in [1.29, 1.82) is 0 Å². The molecule has 2 aliphatic rings. The highest BCUT2D eigenvalue weighted by Crippen LogP contribution is 2.60. The quantitative estimate of drug-likeness (QED) is 0.803. The number of amides is 1. The summed E-state index contributed by atoms with van der Waals surface area (Å²) in [6.07, 6.45) is 5.43. The number of nitrogens with one attached hydrogen (secondary N) is 2. The zero-order valence-corrected chi connectivity index (χ0v) is 11.9. The fraction of sp³-hybridized carbons (Fsp3) is 0.562. The van der Waals surface area contributed by atoms with E-state index < -0.39 is 0 Å². The Hall–Kier alpha value is -1.55. The van der Waals surface area contributed by atoms with E-state index in [1.807, 2.05) is 24.3 Å². The van der Waals surface area contributed by atoms with Gasteiger partial charge in [0.1, 0.15) is 5.75 Å². The van der Waals surface area contributed by atoms with Crippen LogP contribution in [0.2, 0.25) is 0 Å². The molecule has 0 radical (unpaired) electrons. The first-order valence-electron chi connectivity index (χ1n) is 7.37. The number of para-hydroxylation sites is 2. The Morgan fingerprint density at radius 1 is 1.35 bits per heavy atom. The van der Waals surface area contributed by atoms with Gasteiger partial charge in [-0.15, -0.1) is 0 Å². The monoisotopic (exact) mass is 274 g/mol. The van der Waals surface area contributed by atoms with Crippen LogP contribution < -0.4 is 15.4 Å². The van der Waals surface area contributed by atoms with E-state index in [9.17, 15) is 4.79 Å². The van der Waals surface area contributed by atoms with Gasteiger partial charge >= 0.3 is 0 Å². The van der Waals surface area contributed by atoms with Crippen LogP contribution in [-0.2, 0) is 4.79 Å². The summed E-state index contributed by atoms with van der Waals surface area (Å²) >= 11 is 0. The number of benzene rings is 1. The van der Waals surface area contributed by atoms with Crippen molar-refractivity contribution in [1.82, 2.24) is 5.32 Å². The van der Waals surface area contributed by atoms with Gasteiger partial charge < -0.3 is 15.4 Å². The summed E-state index contributed by atoms with van der Waals surface area (Å²) in [4.78, 5) is 11.9. The molecule has 0 bridgehead atoms.